The predicted octanol–water partition coefficient (Wildman–Crippen LogP) is 1.03. The van der Waals surface area contributed by atoms with Crippen molar-refractivity contribution in [2.75, 3.05) is 27.2 Å². The van der Waals surface area contributed by atoms with Crippen molar-refractivity contribution in [3.63, 3.8) is 0 Å². The van der Waals surface area contributed by atoms with E-state index in [1.165, 1.54) is 0 Å². The van der Waals surface area contributed by atoms with E-state index in [1.807, 2.05) is 32.8 Å². The second-order valence-electron chi connectivity index (χ2n) is 6.54. The van der Waals surface area contributed by atoms with E-state index < -0.39 is 6.04 Å². The van der Waals surface area contributed by atoms with Gasteiger partial charge in [0.2, 0.25) is 5.91 Å². The Hall–Kier alpha value is -0.940. The first-order valence-electron chi connectivity index (χ1n) is 7.13. The van der Waals surface area contributed by atoms with Crippen molar-refractivity contribution in [1.29, 1.82) is 0 Å². The summed E-state index contributed by atoms with van der Waals surface area (Å²) in [6.45, 7) is 8.76. The number of ketones is 1. The molecule has 1 fully saturated rings. The Balaban J connectivity index is 2.54. The van der Waals surface area contributed by atoms with E-state index in [4.69, 9.17) is 4.74 Å². The van der Waals surface area contributed by atoms with Crippen LogP contribution >= 0.6 is 0 Å². The Bertz CT molecular complexity index is 353. The zero-order chi connectivity index (χ0) is 15.3. The van der Waals surface area contributed by atoms with Crippen LogP contribution in [0.1, 0.15) is 33.1 Å². The summed E-state index contributed by atoms with van der Waals surface area (Å²) in [5.74, 6) is -0.133. The maximum atomic E-state index is 12.0. The fourth-order valence-electron chi connectivity index (χ4n) is 2.14. The third-order valence-corrected chi connectivity index (χ3v) is 3.65. The quantitative estimate of drug-likeness (QED) is 0.758. The van der Waals surface area contributed by atoms with Gasteiger partial charge in [-0.25, -0.2) is 0 Å². The minimum Gasteiger partial charge on any atom is -0.368 e. The molecule has 1 amide bonds. The van der Waals surface area contributed by atoms with Gasteiger partial charge in [0, 0.05) is 13.0 Å². The lowest BCUT2D eigenvalue weighted by atomic mass is 9.86. The van der Waals surface area contributed by atoms with Gasteiger partial charge in [-0.2, -0.15) is 0 Å². The molecular weight excluding hydrogens is 256 g/mol. The number of nitrogens with one attached hydrogen (secondary N) is 1. The van der Waals surface area contributed by atoms with Gasteiger partial charge in [-0.05, 0) is 32.4 Å². The van der Waals surface area contributed by atoms with E-state index >= 15 is 0 Å². The molecule has 1 N–H and O–H groups in total. The van der Waals surface area contributed by atoms with Gasteiger partial charge in [-0.3, -0.25) is 9.59 Å². The van der Waals surface area contributed by atoms with E-state index in [0.717, 1.165) is 13.0 Å². The zero-order valence-electron chi connectivity index (χ0n) is 13.1. The lowest BCUT2D eigenvalue weighted by Gasteiger charge is -2.24. The lowest BCUT2D eigenvalue weighted by molar-refractivity contribution is -0.127. The molecule has 0 saturated carbocycles. The minimum absolute atomic E-state index is 0.0328. The highest BCUT2D eigenvalue weighted by Gasteiger charge is 2.37. The van der Waals surface area contributed by atoms with Crippen LogP contribution in [0.5, 0.6) is 0 Å². The van der Waals surface area contributed by atoms with Crippen LogP contribution in [-0.2, 0) is 14.3 Å². The van der Waals surface area contributed by atoms with Crippen molar-refractivity contribution < 1.29 is 14.3 Å². The van der Waals surface area contributed by atoms with Gasteiger partial charge in [-0.15, -0.1) is 0 Å². The summed E-state index contributed by atoms with van der Waals surface area (Å²) < 4.78 is 5.48. The number of rotatable bonds is 7. The molecule has 0 aromatic heterocycles. The highest BCUT2D eigenvalue weighted by molar-refractivity contribution is 5.91. The van der Waals surface area contributed by atoms with Crippen molar-refractivity contribution >= 4 is 11.7 Å². The topological polar surface area (TPSA) is 58.6 Å². The van der Waals surface area contributed by atoms with Crippen LogP contribution in [0.3, 0.4) is 0 Å². The van der Waals surface area contributed by atoms with Gasteiger partial charge < -0.3 is 15.0 Å². The average Bonchev–Trinajstić information content (AvgIpc) is 2.67. The summed E-state index contributed by atoms with van der Waals surface area (Å²) >= 11 is 0. The molecule has 0 bridgehead atoms. The Labute approximate surface area is 122 Å². The van der Waals surface area contributed by atoms with Crippen LogP contribution in [-0.4, -0.2) is 56.0 Å². The van der Waals surface area contributed by atoms with Crippen LogP contribution in [0, 0.1) is 12.3 Å². The standard InChI is InChI=1S/C15H27N2O3/c1-6-15(2,3)9-13(19)16-14-11(18)10-20-12(14)7-8-17(4)5/h12,14H,1,6-10H2,2-5H3,(H,16,19). The molecule has 0 aromatic rings. The van der Waals surface area contributed by atoms with Crippen LogP contribution in [0.25, 0.3) is 0 Å². The monoisotopic (exact) mass is 283 g/mol. The number of carbonyl (C=O) groups excluding carboxylic acids is 2. The third kappa shape index (κ3) is 5.21. The molecule has 0 aliphatic carbocycles. The van der Waals surface area contributed by atoms with E-state index in [1.54, 1.807) is 0 Å². The van der Waals surface area contributed by atoms with Crippen LogP contribution < -0.4 is 5.32 Å². The Kier molecular flexibility index (Phi) is 6.14. The van der Waals surface area contributed by atoms with E-state index in [9.17, 15) is 9.59 Å². The highest BCUT2D eigenvalue weighted by atomic mass is 16.5. The predicted molar refractivity (Wildman–Crippen MR) is 78.2 cm³/mol. The maximum Gasteiger partial charge on any atom is 0.221 e. The fourth-order valence-corrected chi connectivity index (χ4v) is 2.14. The van der Waals surface area contributed by atoms with Gasteiger partial charge in [0.25, 0.3) is 0 Å². The Morgan fingerprint density at radius 1 is 1.50 bits per heavy atom. The largest absolute Gasteiger partial charge is 0.368 e. The van der Waals surface area contributed by atoms with Crippen molar-refractivity contribution in [3.05, 3.63) is 6.92 Å². The van der Waals surface area contributed by atoms with Crippen molar-refractivity contribution in [2.24, 2.45) is 5.41 Å². The summed E-state index contributed by atoms with van der Waals surface area (Å²) in [5.41, 5.74) is -0.147. The molecule has 20 heavy (non-hydrogen) atoms. The molecule has 1 aliphatic rings. The van der Waals surface area contributed by atoms with Crippen molar-refractivity contribution in [2.45, 2.75) is 45.3 Å². The SMILES string of the molecule is [CH2]CC(C)(C)CC(=O)NC1C(=O)COC1CCN(C)C. The number of hydrogen-bond donors (Lipinski definition) is 1. The molecule has 0 spiro atoms. The van der Waals surface area contributed by atoms with Crippen molar-refractivity contribution in [3.8, 4) is 0 Å². The lowest BCUT2D eigenvalue weighted by Crippen LogP contribution is -2.46. The molecule has 5 nitrogen and oxygen atoms in total. The smallest absolute Gasteiger partial charge is 0.221 e. The molecule has 1 rings (SSSR count). The number of amides is 1. The molecule has 1 heterocycles. The summed E-state index contributed by atoms with van der Waals surface area (Å²) in [7, 11) is 3.95. The number of hydrogen-bond acceptors (Lipinski definition) is 4. The molecule has 1 saturated heterocycles. The molecule has 2 unspecified atom stereocenters. The number of ether oxygens (including phenoxy) is 1. The molecule has 0 aromatic carbocycles. The molecule has 1 aliphatic heterocycles. The van der Waals surface area contributed by atoms with E-state index in [2.05, 4.69) is 12.2 Å². The summed E-state index contributed by atoms with van der Waals surface area (Å²) in [6.07, 6.45) is 1.58. The normalized spacial score (nSPS) is 23.4. The molecule has 5 heteroatoms. The first-order chi connectivity index (χ1) is 9.25. The summed E-state index contributed by atoms with van der Waals surface area (Å²) in [4.78, 5) is 25.9. The second kappa shape index (κ2) is 7.18. The van der Waals surface area contributed by atoms with Gasteiger partial charge in [0.05, 0.1) is 6.10 Å². The van der Waals surface area contributed by atoms with Crippen LogP contribution in [0.4, 0.5) is 0 Å². The first-order valence-corrected chi connectivity index (χ1v) is 7.13. The minimum atomic E-state index is -0.497. The van der Waals surface area contributed by atoms with Crippen molar-refractivity contribution in [1.82, 2.24) is 10.2 Å². The Morgan fingerprint density at radius 2 is 2.15 bits per heavy atom. The first kappa shape index (κ1) is 17.1. The van der Waals surface area contributed by atoms with Crippen LogP contribution in [0.15, 0.2) is 0 Å². The van der Waals surface area contributed by atoms with Crippen LogP contribution in [0.2, 0.25) is 0 Å². The van der Waals surface area contributed by atoms with Gasteiger partial charge >= 0.3 is 0 Å². The van der Waals surface area contributed by atoms with Gasteiger partial charge in [0.1, 0.15) is 12.6 Å². The van der Waals surface area contributed by atoms with E-state index in [0.29, 0.717) is 12.8 Å². The number of nitrogens with zero attached hydrogens (tertiary/aromatic N) is 1. The molecule has 115 valence electrons. The summed E-state index contributed by atoms with van der Waals surface area (Å²) in [5, 5.41) is 2.83. The molecule has 2 atom stereocenters. The number of Topliss-reactive ketones (excluding diaryl/α,β-unsaturated/α-hetero) is 1. The fraction of sp³-hybridized carbons (Fsp3) is 0.800. The summed E-state index contributed by atoms with van der Waals surface area (Å²) in [6, 6.07) is -0.497. The van der Waals surface area contributed by atoms with Gasteiger partial charge in [0.15, 0.2) is 5.78 Å². The average molecular weight is 283 g/mol. The highest BCUT2D eigenvalue weighted by Crippen LogP contribution is 2.24. The number of carbonyl (C=O) groups is 2. The zero-order valence-corrected chi connectivity index (χ0v) is 13.1. The van der Waals surface area contributed by atoms with Gasteiger partial charge in [-0.1, -0.05) is 20.8 Å². The maximum absolute atomic E-state index is 12.0. The molecular formula is C15H27N2O3. The Morgan fingerprint density at radius 3 is 2.70 bits per heavy atom. The van der Waals surface area contributed by atoms with E-state index in [-0.39, 0.29) is 29.8 Å². The third-order valence-electron chi connectivity index (χ3n) is 3.65. The molecule has 1 radical (unpaired) electrons. The second-order valence-corrected chi connectivity index (χ2v) is 6.54.